The Morgan fingerprint density at radius 2 is 1.96 bits per heavy atom. The van der Waals surface area contributed by atoms with Crippen molar-refractivity contribution >= 4 is 46.9 Å². The first-order valence-corrected chi connectivity index (χ1v) is 8.28. The second kappa shape index (κ2) is 7.98. The molecular weight excluding hydrogens is 336 g/mol. The summed E-state index contributed by atoms with van der Waals surface area (Å²) in [5.41, 5.74) is 6.36. The SMILES string of the molecule is CN(C)c1nc(N)nc(CSCC(=O)Nc2ccc(Cl)cc2)n1. The third-order valence-electron chi connectivity index (χ3n) is 2.68. The molecule has 23 heavy (non-hydrogen) atoms. The zero-order chi connectivity index (χ0) is 16.8. The summed E-state index contributed by atoms with van der Waals surface area (Å²) in [6.45, 7) is 0. The van der Waals surface area contributed by atoms with E-state index in [-0.39, 0.29) is 17.6 Å². The van der Waals surface area contributed by atoms with E-state index in [1.165, 1.54) is 11.8 Å². The molecule has 0 saturated heterocycles. The van der Waals surface area contributed by atoms with E-state index in [9.17, 15) is 4.79 Å². The fraction of sp³-hybridized carbons (Fsp3) is 0.286. The van der Waals surface area contributed by atoms with Gasteiger partial charge in [0.25, 0.3) is 0 Å². The molecule has 7 nitrogen and oxygen atoms in total. The Balaban J connectivity index is 1.84. The molecule has 0 fully saturated rings. The zero-order valence-corrected chi connectivity index (χ0v) is 14.4. The van der Waals surface area contributed by atoms with E-state index in [1.54, 1.807) is 29.2 Å². The number of nitrogens with zero attached hydrogens (tertiary/aromatic N) is 4. The molecule has 0 saturated carbocycles. The monoisotopic (exact) mass is 352 g/mol. The Labute approximate surface area is 143 Å². The molecule has 9 heteroatoms. The molecule has 3 N–H and O–H groups in total. The smallest absolute Gasteiger partial charge is 0.234 e. The standard InChI is InChI=1S/C14H17ClN6OS/c1-21(2)14-19-11(18-13(16)20-14)7-23-8-12(22)17-10-5-3-9(15)4-6-10/h3-6H,7-8H2,1-2H3,(H,17,22)(H2,16,18,19,20). The molecule has 0 atom stereocenters. The number of nitrogens with two attached hydrogens (primary N) is 1. The van der Waals surface area contributed by atoms with E-state index in [2.05, 4.69) is 20.3 Å². The molecule has 0 aliphatic carbocycles. The molecule has 122 valence electrons. The van der Waals surface area contributed by atoms with Crippen molar-refractivity contribution in [2.75, 3.05) is 35.8 Å². The lowest BCUT2D eigenvalue weighted by atomic mass is 10.3. The lowest BCUT2D eigenvalue weighted by Crippen LogP contribution is -2.16. The maximum Gasteiger partial charge on any atom is 0.234 e. The quantitative estimate of drug-likeness (QED) is 0.821. The highest BCUT2D eigenvalue weighted by Crippen LogP contribution is 2.15. The number of hydrogen-bond donors (Lipinski definition) is 2. The summed E-state index contributed by atoms with van der Waals surface area (Å²) in [6, 6.07) is 6.95. The van der Waals surface area contributed by atoms with Crippen molar-refractivity contribution in [2.45, 2.75) is 5.75 Å². The molecular formula is C14H17ClN6OS. The van der Waals surface area contributed by atoms with Gasteiger partial charge in [-0.05, 0) is 24.3 Å². The highest BCUT2D eigenvalue weighted by molar-refractivity contribution is 7.99. The lowest BCUT2D eigenvalue weighted by molar-refractivity contribution is -0.113. The molecule has 0 bridgehead atoms. The summed E-state index contributed by atoms with van der Waals surface area (Å²) in [6.07, 6.45) is 0. The number of nitrogen functional groups attached to an aromatic ring is 1. The molecule has 2 aromatic rings. The number of hydrogen-bond acceptors (Lipinski definition) is 7. The molecule has 0 spiro atoms. The largest absolute Gasteiger partial charge is 0.368 e. The highest BCUT2D eigenvalue weighted by atomic mass is 35.5. The van der Waals surface area contributed by atoms with Crippen molar-refractivity contribution in [3.8, 4) is 0 Å². The Hall–Kier alpha value is -2.06. The number of amides is 1. The first kappa shape index (κ1) is 17.3. The Morgan fingerprint density at radius 3 is 2.61 bits per heavy atom. The minimum absolute atomic E-state index is 0.104. The van der Waals surface area contributed by atoms with Gasteiger partial charge in [0, 0.05) is 24.8 Å². The van der Waals surface area contributed by atoms with Crippen LogP contribution >= 0.6 is 23.4 Å². The third kappa shape index (κ3) is 5.57. The van der Waals surface area contributed by atoms with Gasteiger partial charge in [-0.25, -0.2) is 0 Å². The zero-order valence-electron chi connectivity index (χ0n) is 12.8. The average molecular weight is 353 g/mol. The second-order valence-electron chi connectivity index (χ2n) is 4.85. The van der Waals surface area contributed by atoms with Crippen LogP contribution in [0.2, 0.25) is 5.02 Å². The number of benzene rings is 1. The van der Waals surface area contributed by atoms with Gasteiger partial charge in [0.15, 0.2) is 0 Å². The summed E-state index contributed by atoms with van der Waals surface area (Å²) in [7, 11) is 3.65. The molecule has 0 radical (unpaired) electrons. The molecule has 1 heterocycles. The first-order valence-electron chi connectivity index (χ1n) is 6.75. The van der Waals surface area contributed by atoms with Crippen LogP contribution in [0.15, 0.2) is 24.3 Å². The molecule has 1 aromatic carbocycles. The van der Waals surface area contributed by atoms with Crippen LogP contribution in [0.1, 0.15) is 5.82 Å². The molecule has 0 aliphatic rings. The summed E-state index contributed by atoms with van der Waals surface area (Å²) in [5.74, 6) is 1.87. The number of halogens is 1. The van der Waals surface area contributed by atoms with Gasteiger partial charge in [0.2, 0.25) is 17.8 Å². The summed E-state index contributed by atoms with van der Waals surface area (Å²) < 4.78 is 0. The Morgan fingerprint density at radius 1 is 1.26 bits per heavy atom. The van der Waals surface area contributed by atoms with E-state index < -0.39 is 0 Å². The Kier molecular flexibility index (Phi) is 6.00. The molecule has 0 aliphatic heterocycles. The summed E-state index contributed by atoms with van der Waals surface area (Å²) in [5, 5.41) is 3.42. The molecule has 1 amide bonds. The minimum atomic E-state index is -0.104. The van der Waals surface area contributed by atoms with Crippen LogP contribution in [0.25, 0.3) is 0 Å². The second-order valence-corrected chi connectivity index (χ2v) is 6.27. The topological polar surface area (TPSA) is 97.0 Å². The van der Waals surface area contributed by atoms with E-state index in [1.807, 2.05) is 14.1 Å². The third-order valence-corrected chi connectivity index (χ3v) is 3.86. The van der Waals surface area contributed by atoms with Gasteiger partial charge >= 0.3 is 0 Å². The number of aromatic nitrogens is 3. The number of carbonyl (C=O) groups excluding carboxylic acids is 1. The summed E-state index contributed by atoms with van der Waals surface area (Å²) >= 11 is 7.20. The van der Waals surface area contributed by atoms with Gasteiger partial charge < -0.3 is 16.0 Å². The predicted molar refractivity (Wildman–Crippen MR) is 94.8 cm³/mol. The number of rotatable bonds is 6. The minimum Gasteiger partial charge on any atom is -0.368 e. The van der Waals surface area contributed by atoms with Crippen LogP contribution in [0.5, 0.6) is 0 Å². The lowest BCUT2D eigenvalue weighted by Gasteiger charge is -2.11. The highest BCUT2D eigenvalue weighted by Gasteiger charge is 2.08. The van der Waals surface area contributed by atoms with Crippen LogP contribution < -0.4 is 16.0 Å². The van der Waals surface area contributed by atoms with E-state index >= 15 is 0 Å². The van der Waals surface area contributed by atoms with E-state index in [0.717, 1.165) is 0 Å². The van der Waals surface area contributed by atoms with Crippen LogP contribution in [0.3, 0.4) is 0 Å². The maximum absolute atomic E-state index is 11.9. The molecule has 2 rings (SSSR count). The number of anilines is 3. The van der Waals surface area contributed by atoms with Crippen molar-refractivity contribution in [1.82, 2.24) is 15.0 Å². The normalized spacial score (nSPS) is 10.4. The van der Waals surface area contributed by atoms with Crippen LogP contribution in [-0.2, 0) is 10.5 Å². The molecule has 1 aromatic heterocycles. The van der Waals surface area contributed by atoms with Crippen molar-refractivity contribution < 1.29 is 4.79 Å². The van der Waals surface area contributed by atoms with Crippen molar-refractivity contribution in [3.63, 3.8) is 0 Å². The van der Waals surface area contributed by atoms with Crippen molar-refractivity contribution in [1.29, 1.82) is 0 Å². The van der Waals surface area contributed by atoms with Crippen LogP contribution in [0, 0.1) is 0 Å². The maximum atomic E-state index is 11.9. The summed E-state index contributed by atoms with van der Waals surface area (Å²) in [4.78, 5) is 26.0. The van der Waals surface area contributed by atoms with Gasteiger partial charge in [0.1, 0.15) is 5.82 Å². The van der Waals surface area contributed by atoms with E-state index in [4.69, 9.17) is 17.3 Å². The van der Waals surface area contributed by atoms with E-state index in [0.29, 0.717) is 28.2 Å². The number of carbonyl (C=O) groups is 1. The fourth-order valence-electron chi connectivity index (χ4n) is 1.65. The van der Waals surface area contributed by atoms with Gasteiger partial charge in [-0.2, -0.15) is 15.0 Å². The van der Waals surface area contributed by atoms with Crippen LogP contribution in [-0.4, -0.2) is 40.7 Å². The van der Waals surface area contributed by atoms with Crippen molar-refractivity contribution in [3.05, 3.63) is 35.1 Å². The van der Waals surface area contributed by atoms with Gasteiger partial charge in [-0.1, -0.05) is 11.6 Å². The fourth-order valence-corrected chi connectivity index (χ4v) is 2.45. The first-order chi connectivity index (χ1) is 10.9. The van der Waals surface area contributed by atoms with Gasteiger partial charge in [0.05, 0.1) is 11.5 Å². The predicted octanol–water partition coefficient (Wildman–Crippen LogP) is 2.05. The van der Waals surface area contributed by atoms with Crippen molar-refractivity contribution in [2.24, 2.45) is 0 Å². The average Bonchev–Trinajstić information content (AvgIpc) is 2.49. The van der Waals surface area contributed by atoms with Gasteiger partial charge in [-0.15, -0.1) is 11.8 Å². The van der Waals surface area contributed by atoms with Crippen LogP contribution in [0.4, 0.5) is 17.6 Å². The Bertz CT molecular complexity index is 679. The number of nitrogens with one attached hydrogen (secondary N) is 1. The molecule has 0 unspecified atom stereocenters. The number of thioether (sulfide) groups is 1. The van der Waals surface area contributed by atoms with Gasteiger partial charge in [-0.3, -0.25) is 4.79 Å².